The predicted molar refractivity (Wildman–Crippen MR) is 93.2 cm³/mol. The molecule has 0 amide bonds. The van der Waals surface area contributed by atoms with Gasteiger partial charge in [0.05, 0.1) is 0 Å². The fourth-order valence-electron chi connectivity index (χ4n) is 2.48. The molecule has 3 heterocycles. The topological polar surface area (TPSA) is 68.0 Å². The molecule has 4 aromatic rings. The van der Waals surface area contributed by atoms with E-state index in [1.165, 1.54) is 5.56 Å². The predicted octanol–water partition coefficient (Wildman–Crippen LogP) is 3.55. The first kappa shape index (κ1) is 14.3. The van der Waals surface area contributed by atoms with Crippen molar-refractivity contribution >= 4 is 17.3 Å². The van der Waals surface area contributed by atoms with Gasteiger partial charge in [0.1, 0.15) is 5.82 Å². The first-order valence-electron chi connectivity index (χ1n) is 7.67. The van der Waals surface area contributed by atoms with Crippen LogP contribution in [0.15, 0.2) is 54.9 Å². The summed E-state index contributed by atoms with van der Waals surface area (Å²) in [5.74, 6) is 1.99. The maximum absolute atomic E-state index is 4.58. The summed E-state index contributed by atoms with van der Waals surface area (Å²) in [7, 11) is 0. The van der Waals surface area contributed by atoms with Crippen molar-refractivity contribution in [2.24, 2.45) is 0 Å². The molecule has 118 valence electrons. The van der Waals surface area contributed by atoms with Crippen LogP contribution in [0.5, 0.6) is 0 Å². The van der Waals surface area contributed by atoms with Gasteiger partial charge in [0.25, 0.3) is 5.78 Å². The largest absolute Gasteiger partial charge is 0.340 e. The van der Waals surface area contributed by atoms with E-state index in [0.29, 0.717) is 11.6 Å². The average Bonchev–Trinajstić information content (AvgIpc) is 3.02. The van der Waals surface area contributed by atoms with Crippen molar-refractivity contribution in [3.05, 3.63) is 66.1 Å². The molecule has 6 nitrogen and oxygen atoms in total. The molecule has 0 unspecified atom stereocenters. The van der Waals surface area contributed by atoms with Gasteiger partial charge in [-0.05, 0) is 38.1 Å². The van der Waals surface area contributed by atoms with Crippen LogP contribution in [0.2, 0.25) is 0 Å². The fourth-order valence-corrected chi connectivity index (χ4v) is 2.48. The molecule has 24 heavy (non-hydrogen) atoms. The van der Waals surface area contributed by atoms with E-state index in [4.69, 9.17) is 0 Å². The number of hydrogen-bond donors (Lipinski definition) is 1. The molecule has 0 aliphatic carbocycles. The number of hydrogen-bond acceptors (Lipinski definition) is 5. The highest BCUT2D eigenvalue weighted by Gasteiger charge is 2.11. The van der Waals surface area contributed by atoms with Crippen LogP contribution in [-0.4, -0.2) is 24.6 Å². The van der Waals surface area contributed by atoms with Crippen LogP contribution >= 0.6 is 0 Å². The first-order valence-corrected chi connectivity index (χ1v) is 7.67. The molecule has 0 spiro atoms. The number of benzene rings is 1. The Hall–Kier alpha value is -3.28. The number of rotatable bonds is 3. The second-order valence-corrected chi connectivity index (χ2v) is 5.66. The zero-order valence-corrected chi connectivity index (χ0v) is 13.4. The van der Waals surface area contributed by atoms with Crippen molar-refractivity contribution in [2.75, 3.05) is 5.32 Å². The molecule has 0 fully saturated rings. The van der Waals surface area contributed by atoms with E-state index in [1.54, 1.807) is 16.9 Å². The van der Waals surface area contributed by atoms with Crippen LogP contribution in [0, 0.1) is 13.8 Å². The summed E-state index contributed by atoms with van der Waals surface area (Å²) in [6.45, 7) is 4.01. The van der Waals surface area contributed by atoms with Crippen molar-refractivity contribution in [3.63, 3.8) is 0 Å². The molecule has 4 rings (SSSR count). The number of fused-ring (bicyclic) bond motifs is 1. The number of nitrogens with one attached hydrogen (secondary N) is 1. The molecule has 3 aromatic heterocycles. The monoisotopic (exact) mass is 316 g/mol. The second kappa shape index (κ2) is 5.73. The Morgan fingerprint density at radius 1 is 1.00 bits per heavy atom. The van der Waals surface area contributed by atoms with Crippen LogP contribution in [0.4, 0.5) is 11.5 Å². The molecule has 1 N–H and O–H groups in total. The third-order valence-corrected chi connectivity index (χ3v) is 3.68. The summed E-state index contributed by atoms with van der Waals surface area (Å²) >= 11 is 0. The van der Waals surface area contributed by atoms with Crippen LogP contribution in [0.25, 0.3) is 17.2 Å². The Morgan fingerprint density at radius 3 is 2.58 bits per heavy atom. The van der Waals surface area contributed by atoms with Gasteiger partial charge < -0.3 is 5.32 Å². The van der Waals surface area contributed by atoms with Gasteiger partial charge in [-0.25, -0.2) is 4.98 Å². The summed E-state index contributed by atoms with van der Waals surface area (Å²) in [5.41, 5.74) is 3.95. The lowest BCUT2D eigenvalue weighted by molar-refractivity contribution is 0.940. The molecule has 0 saturated heterocycles. The van der Waals surface area contributed by atoms with Gasteiger partial charge in [-0.3, -0.25) is 4.98 Å². The number of anilines is 2. The summed E-state index contributed by atoms with van der Waals surface area (Å²) in [6, 6.07) is 14.0. The van der Waals surface area contributed by atoms with Crippen molar-refractivity contribution in [1.29, 1.82) is 0 Å². The van der Waals surface area contributed by atoms with Gasteiger partial charge in [-0.1, -0.05) is 17.7 Å². The van der Waals surface area contributed by atoms with E-state index in [2.05, 4.69) is 44.4 Å². The number of aryl methyl sites for hydroxylation is 2. The van der Waals surface area contributed by atoms with E-state index in [9.17, 15) is 0 Å². The lowest BCUT2D eigenvalue weighted by atomic mass is 10.2. The van der Waals surface area contributed by atoms with Crippen LogP contribution in [0.3, 0.4) is 0 Å². The molecule has 0 aliphatic heterocycles. The van der Waals surface area contributed by atoms with Crippen molar-refractivity contribution in [1.82, 2.24) is 24.6 Å². The van der Waals surface area contributed by atoms with Crippen molar-refractivity contribution in [2.45, 2.75) is 13.8 Å². The first-order chi connectivity index (χ1) is 11.7. The minimum atomic E-state index is 0.559. The standard InChI is InChI=1S/C18H16N6/c1-12-5-7-15(8-6-12)21-16-10-13(2)20-18-22-17(23-24(16)18)14-4-3-9-19-11-14/h3-11,21H,1-2H3. The fraction of sp³-hybridized carbons (Fsp3) is 0.111. The third kappa shape index (κ3) is 2.69. The second-order valence-electron chi connectivity index (χ2n) is 5.66. The van der Waals surface area contributed by atoms with Gasteiger partial charge in [0.2, 0.25) is 0 Å². The molecule has 1 aromatic carbocycles. The zero-order chi connectivity index (χ0) is 16.5. The van der Waals surface area contributed by atoms with Crippen LogP contribution in [0.1, 0.15) is 11.3 Å². The molecule has 0 atom stereocenters. The van der Waals surface area contributed by atoms with E-state index < -0.39 is 0 Å². The Morgan fingerprint density at radius 2 is 1.83 bits per heavy atom. The molecule has 0 radical (unpaired) electrons. The van der Waals surface area contributed by atoms with Gasteiger partial charge in [0, 0.05) is 35.4 Å². The Bertz CT molecular complexity index is 989. The summed E-state index contributed by atoms with van der Waals surface area (Å²) in [6.07, 6.45) is 3.47. The van der Waals surface area contributed by atoms with E-state index in [-0.39, 0.29) is 0 Å². The van der Waals surface area contributed by atoms with Gasteiger partial charge in [-0.2, -0.15) is 9.50 Å². The number of pyridine rings is 1. The lowest BCUT2D eigenvalue weighted by Crippen LogP contribution is -2.02. The van der Waals surface area contributed by atoms with Gasteiger partial charge in [0.15, 0.2) is 5.82 Å². The Labute approximate surface area is 139 Å². The summed E-state index contributed by atoms with van der Waals surface area (Å²) in [5, 5.41) is 7.96. The van der Waals surface area contributed by atoms with Gasteiger partial charge >= 0.3 is 0 Å². The SMILES string of the molecule is Cc1ccc(Nc2cc(C)nc3nc(-c4cccnc4)nn23)cc1. The third-order valence-electron chi connectivity index (χ3n) is 3.68. The van der Waals surface area contributed by atoms with E-state index in [0.717, 1.165) is 22.8 Å². The van der Waals surface area contributed by atoms with Gasteiger partial charge in [-0.15, -0.1) is 5.10 Å². The minimum Gasteiger partial charge on any atom is -0.340 e. The molecular weight excluding hydrogens is 300 g/mol. The highest BCUT2D eigenvalue weighted by Crippen LogP contribution is 2.21. The molecule has 0 saturated carbocycles. The minimum absolute atomic E-state index is 0.559. The Balaban J connectivity index is 1.80. The lowest BCUT2D eigenvalue weighted by Gasteiger charge is -2.08. The highest BCUT2D eigenvalue weighted by atomic mass is 15.4. The van der Waals surface area contributed by atoms with Crippen molar-refractivity contribution in [3.8, 4) is 11.4 Å². The van der Waals surface area contributed by atoms with E-state index >= 15 is 0 Å². The molecule has 6 heteroatoms. The highest BCUT2D eigenvalue weighted by molar-refractivity contribution is 5.61. The molecule has 0 bridgehead atoms. The molecule has 0 aliphatic rings. The summed E-state index contributed by atoms with van der Waals surface area (Å²) < 4.78 is 1.72. The van der Waals surface area contributed by atoms with Crippen LogP contribution < -0.4 is 5.32 Å². The summed E-state index contributed by atoms with van der Waals surface area (Å²) in [4.78, 5) is 13.1. The quantitative estimate of drug-likeness (QED) is 0.626. The number of aromatic nitrogens is 5. The Kier molecular flexibility index (Phi) is 3.42. The van der Waals surface area contributed by atoms with Crippen molar-refractivity contribution < 1.29 is 0 Å². The molecular formula is C18H16N6. The maximum Gasteiger partial charge on any atom is 0.254 e. The smallest absolute Gasteiger partial charge is 0.254 e. The average molecular weight is 316 g/mol. The van der Waals surface area contributed by atoms with E-state index in [1.807, 2.05) is 37.3 Å². The van der Waals surface area contributed by atoms with Crippen LogP contribution in [-0.2, 0) is 0 Å². The maximum atomic E-state index is 4.58. The normalized spacial score (nSPS) is 10.9. The zero-order valence-electron chi connectivity index (χ0n) is 13.4. The number of nitrogens with zero attached hydrogens (tertiary/aromatic N) is 5.